The molecule has 10 heavy (non-hydrogen) atoms. The lowest BCUT2D eigenvalue weighted by atomic mass is 10.2. The lowest BCUT2D eigenvalue weighted by molar-refractivity contribution is -0.822. The summed E-state index contributed by atoms with van der Waals surface area (Å²) in [5.74, 6) is 0. The molecule has 3 nitrogen and oxygen atoms in total. The average molecular weight is 136 g/mol. The molecule has 2 N–H and O–H groups in total. The third-order valence-corrected chi connectivity index (χ3v) is 1.70. The van der Waals surface area contributed by atoms with E-state index in [0.717, 1.165) is 11.3 Å². The van der Waals surface area contributed by atoms with Gasteiger partial charge in [0.25, 0.3) is 0 Å². The van der Waals surface area contributed by atoms with E-state index in [1.165, 1.54) is 0 Å². The lowest BCUT2D eigenvalue weighted by Crippen LogP contribution is -3.07. The fourth-order valence-corrected chi connectivity index (χ4v) is 1.17. The first-order valence-corrected chi connectivity index (χ1v) is 3.24. The SMILES string of the molecule is [O-][NH+]1NCc2ccccc21. The van der Waals surface area contributed by atoms with E-state index in [9.17, 15) is 5.21 Å². The largest absolute Gasteiger partial charge is 0.608 e. The molecule has 52 valence electrons. The van der Waals surface area contributed by atoms with Crippen LogP contribution in [0, 0.1) is 5.21 Å². The van der Waals surface area contributed by atoms with Crippen molar-refractivity contribution in [3.8, 4) is 0 Å². The van der Waals surface area contributed by atoms with Crippen LogP contribution in [0.5, 0.6) is 0 Å². The molecular weight excluding hydrogens is 128 g/mol. The van der Waals surface area contributed by atoms with Crippen molar-refractivity contribution in [3.05, 3.63) is 35.0 Å². The summed E-state index contributed by atoms with van der Waals surface area (Å²) in [5, 5.41) is 11.0. The normalized spacial score (nSPS) is 22.7. The van der Waals surface area contributed by atoms with Crippen molar-refractivity contribution in [3.63, 3.8) is 0 Å². The van der Waals surface area contributed by atoms with Gasteiger partial charge in [0.2, 0.25) is 0 Å². The molecule has 0 amide bonds. The van der Waals surface area contributed by atoms with Crippen LogP contribution in [0.1, 0.15) is 5.56 Å². The van der Waals surface area contributed by atoms with Gasteiger partial charge < -0.3 is 5.21 Å². The zero-order chi connectivity index (χ0) is 6.97. The molecule has 1 aliphatic rings. The van der Waals surface area contributed by atoms with Crippen LogP contribution in [-0.2, 0) is 6.54 Å². The van der Waals surface area contributed by atoms with Crippen LogP contribution < -0.4 is 10.6 Å². The maximum Gasteiger partial charge on any atom is 0.155 e. The third-order valence-electron chi connectivity index (χ3n) is 1.70. The van der Waals surface area contributed by atoms with Crippen molar-refractivity contribution in [2.75, 3.05) is 0 Å². The second kappa shape index (κ2) is 2.05. The Morgan fingerprint density at radius 2 is 2.20 bits per heavy atom. The number of quaternary nitrogens is 1. The molecule has 1 atom stereocenters. The fraction of sp³-hybridized carbons (Fsp3) is 0.143. The minimum absolute atomic E-state index is 0.0515. The molecule has 2 rings (SSSR count). The van der Waals surface area contributed by atoms with Gasteiger partial charge in [-0.05, 0) is 0 Å². The Labute approximate surface area is 58.8 Å². The molecule has 0 fully saturated rings. The molecular formula is C7H8N2O. The van der Waals surface area contributed by atoms with Gasteiger partial charge in [0.1, 0.15) is 0 Å². The van der Waals surface area contributed by atoms with E-state index in [0.29, 0.717) is 6.54 Å². The number of hydrogen-bond donors (Lipinski definition) is 2. The number of fused-ring (bicyclic) bond motifs is 1. The van der Waals surface area contributed by atoms with Crippen LogP contribution in [0.15, 0.2) is 24.3 Å². The molecule has 0 saturated heterocycles. The van der Waals surface area contributed by atoms with E-state index in [4.69, 9.17) is 0 Å². The Kier molecular flexibility index (Phi) is 1.20. The van der Waals surface area contributed by atoms with Gasteiger partial charge in [0.05, 0.1) is 6.54 Å². The summed E-state index contributed by atoms with van der Waals surface area (Å²) in [6, 6.07) is 7.63. The molecule has 1 unspecified atom stereocenters. The monoisotopic (exact) mass is 136 g/mol. The highest BCUT2D eigenvalue weighted by Crippen LogP contribution is 2.11. The predicted octanol–water partition coefficient (Wildman–Crippen LogP) is -0.281. The summed E-state index contributed by atoms with van der Waals surface area (Å²) >= 11 is 0. The van der Waals surface area contributed by atoms with Crippen LogP contribution in [0.2, 0.25) is 0 Å². The van der Waals surface area contributed by atoms with Crippen molar-refractivity contribution < 1.29 is 5.17 Å². The minimum Gasteiger partial charge on any atom is -0.608 e. The predicted molar refractivity (Wildman–Crippen MR) is 37.3 cm³/mol. The number of benzene rings is 1. The van der Waals surface area contributed by atoms with Gasteiger partial charge in [-0.15, -0.1) is 0 Å². The van der Waals surface area contributed by atoms with Gasteiger partial charge in [0.15, 0.2) is 5.69 Å². The van der Waals surface area contributed by atoms with E-state index >= 15 is 0 Å². The molecule has 0 aromatic heterocycles. The summed E-state index contributed by atoms with van der Waals surface area (Å²) in [6.07, 6.45) is 0. The van der Waals surface area contributed by atoms with Crippen LogP contribution >= 0.6 is 0 Å². The first kappa shape index (κ1) is 5.85. The second-order valence-corrected chi connectivity index (χ2v) is 2.34. The van der Waals surface area contributed by atoms with Crippen molar-refractivity contribution >= 4 is 5.69 Å². The minimum atomic E-state index is 0.0515. The number of rotatable bonds is 0. The molecule has 0 bridgehead atoms. The van der Waals surface area contributed by atoms with Crippen molar-refractivity contribution in [1.29, 1.82) is 0 Å². The first-order chi connectivity index (χ1) is 4.88. The number of hydrogen-bond acceptors (Lipinski definition) is 2. The van der Waals surface area contributed by atoms with Crippen LogP contribution in [0.3, 0.4) is 0 Å². The highest BCUT2D eigenvalue weighted by atomic mass is 16.5. The van der Waals surface area contributed by atoms with Gasteiger partial charge in [-0.1, -0.05) is 18.2 Å². The van der Waals surface area contributed by atoms with Crippen molar-refractivity contribution in [2.45, 2.75) is 6.54 Å². The van der Waals surface area contributed by atoms with Gasteiger partial charge in [0, 0.05) is 11.6 Å². The zero-order valence-corrected chi connectivity index (χ0v) is 5.42. The van der Waals surface area contributed by atoms with Gasteiger partial charge in [-0.25, -0.2) is 0 Å². The Bertz CT molecular complexity index is 249. The fourth-order valence-electron chi connectivity index (χ4n) is 1.17. The lowest BCUT2D eigenvalue weighted by Gasteiger charge is -2.13. The molecule has 0 radical (unpaired) electrons. The van der Waals surface area contributed by atoms with Crippen molar-refractivity contribution in [2.24, 2.45) is 0 Å². The maximum absolute atomic E-state index is 11.0. The van der Waals surface area contributed by atoms with Crippen LogP contribution in [0.25, 0.3) is 0 Å². The Morgan fingerprint density at radius 1 is 1.40 bits per heavy atom. The van der Waals surface area contributed by atoms with Gasteiger partial charge in [-0.3, -0.25) is 5.17 Å². The summed E-state index contributed by atoms with van der Waals surface area (Å²) in [4.78, 5) is 0. The van der Waals surface area contributed by atoms with Crippen molar-refractivity contribution in [1.82, 2.24) is 5.43 Å². The Morgan fingerprint density at radius 3 is 3.00 bits per heavy atom. The molecule has 3 heteroatoms. The van der Waals surface area contributed by atoms with E-state index in [2.05, 4.69) is 5.43 Å². The van der Waals surface area contributed by atoms with Gasteiger partial charge >= 0.3 is 0 Å². The summed E-state index contributed by atoms with van der Waals surface area (Å²) in [6.45, 7) is 0.689. The van der Waals surface area contributed by atoms with E-state index in [-0.39, 0.29) is 5.17 Å². The second-order valence-electron chi connectivity index (χ2n) is 2.34. The summed E-state index contributed by atoms with van der Waals surface area (Å²) < 4.78 is 0. The summed E-state index contributed by atoms with van der Waals surface area (Å²) in [5.41, 5.74) is 4.67. The summed E-state index contributed by atoms with van der Waals surface area (Å²) in [7, 11) is 0. The quantitative estimate of drug-likeness (QED) is 0.481. The smallest absolute Gasteiger partial charge is 0.155 e. The Hall–Kier alpha value is -0.900. The molecule has 1 aromatic carbocycles. The molecule has 1 aliphatic heterocycles. The van der Waals surface area contributed by atoms with E-state index < -0.39 is 0 Å². The molecule has 0 spiro atoms. The number of para-hydroxylation sites is 1. The van der Waals surface area contributed by atoms with E-state index in [1.807, 2.05) is 24.3 Å². The first-order valence-electron chi connectivity index (χ1n) is 3.24. The number of nitrogens with one attached hydrogen (secondary N) is 2. The van der Waals surface area contributed by atoms with Crippen LogP contribution in [0.4, 0.5) is 5.69 Å². The Balaban J connectivity index is 2.51. The highest BCUT2D eigenvalue weighted by molar-refractivity contribution is 5.40. The maximum atomic E-state index is 11.0. The standard InChI is InChI=1S/C7H8N2O/c10-9-7-4-2-1-3-6(7)5-8-9/h1-4,8-9H,5H2. The molecule has 1 aromatic rings. The van der Waals surface area contributed by atoms with Crippen LogP contribution in [-0.4, -0.2) is 0 Å². The molecule has 0 aliphatic carbocycles. The van der Waals surface area contributed by atoms with Gasteiger partial charge in [-0.2, -0.15) is 5.43 Å². The third kappa shape index (κ3) is 0.724. The van der Waals surface area contributed by atoms with E-state index in [1.54, 1.807) is 0 Å². The molecule has 0 saturated carbocycles. The average Bonchev–Trinajstić information content (AvgIpc) is 2.34. The highest BCUT2D eigenvalue weighted by Gasteiger charge is 2.15. The topological polar surface area (TPSA) is 39.5 Å². The molecule has 1 heterocycles. The zero-order valence-electron chi connectivity index (χ0n) is 5.42.